The summed E-state index contributed by atoms with van der Waals surface area (Å²) in [5.74, 6) is 1.30. The Morgan fingerprint density at radius 3 is 2.62 bits per heavy atom. The van der Waals surface area contributed by atoms with Gasteiger partial charge in [-0.1, -0.05) is 35.9 Å². The monoisotopic (exact) mass is 450 g/mol. The average Bonchev–Trinajstić information content (AvgIpc) is 2.80. The third-order valence-corrected chi connectivity index (χ3v) is 5.91. The second kappa shape index (κ2) is 11.3. The van der Waals surface area contributed by atoms with E-state index >= 15 is 0 Å². The summed E-state index contributed by atoms with van der Waals surface area (Å²) in [6, 6.07) is 18.1. The number of anilines is 1. The molecule has 3 aromatic rings. The fourth-order valence-electron chi connectivity index (χ4n) is 3.10. The van der Waals surface area contributed by atoms with E-state index in [1.807, 2.05) is 25.1 Å². The molecule has 0 saturated heterocycles. The number of nitrogens with zero attached hydrogens (tertiary/aromatic N) is 2. The molecule has 0 aliphatic rings. The van der Waals surface area contributed by atoms with Crippen LogP contribution in [0.15, 0.2) is 66.9 Å². The van der Waals surface area contributed by atoms with Crippen LogP contribution in [0.1, 0.15) is 40.1 Å². The van der Waals surface area contributed by atoms with Crippen LogP contribution in [0.3, 0.4) is 0 Å². The molecule has 2 N–H and O–H groups in total. The van der Waals surface area contributed by atoms with Gasteiger partial charge in [-0.25, -0.2) is 0 Å². The Labute approximate surface area is 191 Å². The quantitative estimate of drug-likeness (QED) is 0.252. The molecule has 0 spiro atoms. The second-order valence-corrected chi connectivity index (χ2v) is 8.51. The van der Waals surface area contributed by atoms with Crippen LogP contribution in [0.5, 0.6) is 0 Å². The normalized spacial score (nSPS) is 11.6. The van der Waals surface area contributed by atoms with E-state index in [4.69, 9.17) is 0 Å². The number of benzene rings is 2. The summed E-state index contributed by atoms with van der Waals surface area (Å²) in [7, 11) is 0. The molecular formula is C24H26N4O3S. The van der Waals surface area contributed by atoms with Crippen molar-refractivity contribution >= 4 is 29.0 Å². The van der Waals surface area contributed by atoms with E-state index in [-0.39, 0.29) is 23.2 Å². The largest absolute Gasteiger partial charge is 0.371 e. The molecule has 8 heteroatoms. The fourth-order valence-corrected chi connectivity index (χ4v) is 3.92. The molecule has 1 aromatic heterocycles. The minimum Gasteiger partial charge on any atom is -0.371 e. The molecule has 2 aromatic carbocycles. The highest BCUT2D eigenvalue weighted by atomic mass is 32.2. The SMILES string of the molecule is Cc1ccc(CSCCNC(=O)c2ccc(NC(C)c3ccccn3)c([N+](=O)[O-])c2)cc1. The van der Waals surface area contributed by atoms with Crippen LogP contribution in [0.2, 0.25) is 0 Å². The number of amides is 1. The van der Waals surface area contributed by atoms with Crippen LogP contribution < -0.4 is 10.6 Å². The summed E-state index contributed by atoms with van der Waals surface area (Å²) in [6.07, 6.45) is 1.68. The number of thioether (sulfide) groups is 1. The maximum atomic E-state index is 12.5. The van der Waals surface area contributed by atoms with Crippen molar-refractivity contribution in [2.24, 2.45) is 0 Å². The molecule has 1 heterocycles. The first-order chi connectivity index (χ1) is 15.4. The van der Waals surface area contributed by atoms with Crippen molar-refractivity contribution in [1.29, 1.82) is 0 Å². The number of carbonyl (C=O) groups excluding carboxylic acids is 1. The molecule has 1 unspecified atom stereocenters. The van der Waals surface area contributed by atoms with Gasteiger partial charge in [-0.2, -0.15) is 11.8 Å². The minimum atomic E-state index is -0.484. The van der Waals surface area contributed by atoms with Gasteiger partial charge in [0.25, 0.3) is 11.6 Å². The predicted molar refractivity (Wildman–Crippen MR) is 129 cm³/mol. The van der Waals surface area contributed by atoms with Crippen LogP contribution in [-0.2, 0) is 5.75 Å². The Balaban J connectivity index is 1.55. The molecule has 0 fully saturated rings. The molecule has 3 rings (SSSR count). The highest BCUT2D eigenvalue weighted by molar-refractivity contribution is 7.98. The van der Waals surface area contributed by atoms with Crippen molar-refractivity contribution in [1.82, 2.24) is 10.3 Å². The number of nitro groups is 1. The van der Waals surface area contributed by atoms with Gasteiger partial charge in [0.1, 0.15) is 5.69 Å². The zero-order valence-corrected chi connectivity index (χ0v) is 18.9. The lowest BCUT2D eigenvalue weighted by molar-refractivity contribution is -0.384. The Morgan fingerprint density at radius 1 is 1.16 bits per heavy atom. The number of hydrogen-bond donors (Lipinski definition) is 2. The van der Waals surface area contributed by atoms with E-state index in [1.165, 1.54) is 17.2 Å². The lowest BCUT2D eigenvalue weighted by Crippen LogP contribution is -2.25. The molecule has 1 amide bonds. The van der Waals surface area contributed by atoms with Crippen LogP contribution >= 0.6 is 11.8 Å². The topological polar surface area (TPSA) is 97.2 Å². The molecule has 0 aliphatic carbocycles. The number of aryl methyl sites for hydroxylation is 1. The Kier molecular flexibility index (Phi) is 8.21. The fraction of sp³-hybridized carbons (Fsp3) is 0.250. The molecule has 1 atom stereocenters. The van der Waals surface area contributed by atoms with Crippen LogP contribution in [0.4, 0.5) is 11.4 Å². The van der Waals surface area contributed by atoms with Crippen LogP contribution in [-0.4, -0.2) is 28.1 Å². The summed E-state index contributed by atoms with van der Waals surface area (Å²) in [6.45, 7) is 4.42. The van der Waals surface area contributed by atoms with Crippen molar-refractivity contribution in [3.63, 3.8) is 0 Å². The molecule has 32 heavy (non-hydrogen) atoms. The molecule has 0 radical (unpaired) electrons. The van der Waals surface area contributed by atoms with E-state index in [2.05, 4.69) is 46.8 Å². The second-order valence-electron chi connectivity index (χ2n) is 7.40. The molecule has 7 nitrogen and oxygen atoms in total. The van der Waals surface area contributed by atoms with Gasteiger partial charge in [0.2, 0.25) is 0 Å². The molecule has 0 bridgehead atoms. The van der Waals surface area contributed by atoms with Crippen molar-refractivity contribution in [2.45, 2.75) is 25.6 Å². The van der Waals surface area contributed by atoms with Gasteiger partial charge >= 0.3 is 0 Å². The van der Waals surface area contributed by atoms with E-state index < -0.39 is 4.92 Å². The Morgan fingerprint density at radius 2 is 1.94 bits per heavy atom. The first kappa shape index (κ1) is 23.3. The zero-order valence-electron chi connectivity index (χ0n) is 18.1. The van der Waals surface area contributed by atoms with Gasteiger partial charge in [-0.15, -0.1) is 0 Å². The van der Waals surface area contributed by atoms with Crippen molar-refractivity contribution < 1.29 is 9.72 Å². The summed E-state index contributed by atoms with van der Waals surface area (Å²) >= 11 is 1.73. The summed E-state index contributed by atoms with van der Waals surface area (Å²) < 4.78 is 0. The van der Waals surface area contributed by atoms with E-state index in [0.29, 0.717) is 12.2 Å². The molecule has 166 valence electrons. The van der Waals surface area contributed by atoms with Gasteiger partial charge in [0.05, 0.1) is 16.7 Å². The number of nitrogens with one attached hydrogen (secondary N) is 2. The third-order valence-electron chi connectivity index (χ3n) is 4.88. The first-order valence-electron chi connectivity index (χ1n) is 10.3. The summed E-state index contributed by atoms with van der Waals surface area (Å²) in [5.41, 5.74) is 3.70. The minimum absolute atomic E-state index is 0.144. The number of hydrogen-bond acceptors (Lipinski definition) is 6. The van der Waals surface area contributed by atoms with Crippen LogP contribution in [0.25, 0.3) is 0 Å². The van der Waals surface area contributed by atoms with Crippen molar-refractivity contribution in [3.05, 3.63) is 99.4 Å². The lowest BCUT2D eigenvalue weighted by Gasteiger charge is -2.15. The van der Waals surface area contributed by atoms with Gasteiger partial charge < -0.3 is 10.6 Å². The average molecular weight is 451 g/mol. The number of carbonyl (C=O) groups is 1. The maximum Gasteiger partial charge on any atom is 0.293 e. The maximum absolute atomic E-state index is 12.5. The van der Waals surface area contributed by atoms with Gasteiger partial charge in [0.15, 0.2) is 0 Å². The lowest BCUT2D eigenvalue weighted by atomic mass is 10.1. The van der Waals surface area contributed by atoms with Crippen molar-refractivity contribution in [2.75, 3.05) is 17.6 Å². The van der Waals surface area contributed by atoms with Gasteiger partial charge in [0, 0.05) is 35.9 Å². The highest BCUT2D eigenvalue weighted by Gasteiger charge is 2.19. The third kappa shape index (κ3) is 6.55. The van der Waals surface area contributed by atoms with Gasteiger partial charge in [-0.05, 0) is 43.7 Å². The first-order valence-corrected chi connectivity index (χ1v) is 11.5. The zero-order chi connectivity index (χ0) is 22.9. The Bertz CT molecular complexity index is 1060. The Hall–Kier alpha value is -3.39. The van der Waals surface area contributed by atoms with E-state index in [1.54, 1.807) is 30.1 Å². The van der Waals surface area contributed by atoms with Crippen molar-refractivity contribution in [3.8, 4) is 0 Å². The number of nitro benzene ring substituents is 1. The standard InChI is InChI=1S/C24H26N4O3S/c1-17-6-8-19(9-7-17)16-32-14-13-26-24(29)20-10-11-22(23(15-20)28(30)31)27-18(2)21-5-3-4-12-25-21/h3-12,15,18,27H,13-14,16H2,1-2H3,(H,26,29). The van der Waals surface area contributed by atoms with Crippen LogP contribution in [0, 0.1) is 17.0 Å². The number of rotatable bonds is 10. The molecule has 0 aliphatic heterocycles. The van der Waals surface area contributed by atoms with E-state index in [0.717, 1.165) is 17.2 Å². The van der Waals surface area contributed by atoms with E-state index in [9.17, 15) is 14.9 Å². The number of pyridine rings is 1. The molecule has 0 saturated carbocycles. The van der Waals surface area contributed by atoms with Gasteiger partial charge in [-0.3, -0.25) is 19.9 Å². The molecular weight excluding hydrogens is 424 g/mol. The predicted octanol–water partition coefficient (Wildman–Crippen LogP) is 5.13. The highest BCUT2D eigenvalue weighted by Crippen LogP contribution is 2.29. The summed E-state index contributed by atoms with van der Waals surface area (Å²) in [4.78, 5) is 27.8. The summed E-state index contributed by atoms with van der Waals surface area (Å²) in [5, 5.41) is 17.5. The number of aromatic nitrogens is 1. The smallest absolute Gasteiger partial charge is 0.293 e.